The number of amides is 1. The maximum absolute atomic E-state index is 11.0. The molecule has 5 heteroatoms. The van der Waals surface area contributed by atoms with Gasteiger partial charge in [-0.05, 0) is 49.6 Å². The second kappa shape index (κ2) is 10.6. The lowest BCUT2D eigenvalue weighted by Crippen LogP contribution is -2.36. The molecule has 26 heavy (non-hydrogen) atoms. The van der Waals surface area contributed by atoms with E-state index in [1.807, 2.05) is 6.07 Å². The predicted octanol–water partition coefficient (Wildman–Crippen LogP) is 3.00. The second-order valence-electron chi connectivity index (χ2n) is 6.50. The maximum Gasteiger partial charge on any atom is 0.221 e. The van der Waals surface area contributed by atoms with E-state index in [0.29, 0.717) is 18.3 Å². The average molecular weight is 356 g/mol. The molecular formula is C21H28N2O3. The zero-order valence-corrected chi connectivity index (χ0v) is 15.4. The Morgan fingerprint density at radius 2 is 1.81 bits per heavy atom. The third-order valence-electron chi connectivity index (χ3n) is 4.03. The molecule has 0 aliphatic carbocycles. The summed E-state index contributed by atoms with van der Waals surface area (Å²) < 4.78 is 5.59. The Labute approximate surface area is 155 Å². The number of benzene rings is 2. The van der Waals surface area contributed by atoms with Crippen molar-refractivity contribution in [2.45, 2.75) is 38.8 Å². The Hall–Kier alpha value is -2.37. The first-order valence-corrected chi connectivity index (χ1v) is 8.99. The molecule has 0 aliphatic rings. The molecule has 0 radical (unpaired) electrons. The zero-order valence-electron chi connectivity index (χ0n) is 15.4. The van der Waals surface area contributed by atoms with Gasteiger partial charge < -0.3 is 20.5 Å². The van der Waals surface area contributed by atoms with Gasteiger partial charge in [0.1, 0.15) is 18.5 Å². The van der Waals surface area contributed by atoms with E-state index in [2.05, 4.69) is 41.8 Å². The number of aliphatic hydroxyl groups is 1. The molecule has 1 amide bonds. The number of anilines is 1. The van der Waals surface area contributed by atoms with E-state index in [0.717, 1.165) is 18.5 Å². The van der Waals surface area contributed by atoms with Crippen LogP contribution >= 0.6 is 0 Å². The molecule has 0 heterocycles. The number of aliphatic hydroxyl groups excluding tert-OH is 1. The Morgan fingerprint density at radius 1 is 1.12 bits per heavy atom. The van der Waals surface area contributed by atoms with Crippen molar-refractivity contribution in [3.8, 4) is 5.75 Å². The first kappa shape index (κ1) is 19.9. The van der Waals surface area contributed by atoms with Crippen LogP contribution in [0, 0.1) is 0 Å². The maximum atomic E-state index is 11.0. The van der Waals surface area contributed by atoms with Gasteiger partial charge in [-0.25, -0.2) is 0 Å². The van der Waals surface area contributed by atoms with Crippen LogP contribution in [0.4, 0.5) is 5.69 Å². The topological polar surface area (TPSA) is 70.6 Å². The van der Waals surface area contributed by atoms with Crippen LogP contribution in [0.2, 0.25) is 0 Å². The van der Waals surface area contributed by atoms with Crippen LogP contribution in [0.5, 0.6) is 5.75 Å². The third-order valence-corrected chi connectivity index (χ3v) is 4.03. The molecule has 0 spiro atoms. The smallest absolute Gasteiger partial charge is 0.221 e. The van der Waals surface area contributed by atoms with E-state index >= 15 is 0 Å². The highest BCUT2D eigenvalue weighted by molar-refractivity contribution is 5.88. The first-order chi connectivity index (χ1) is 12.5. The highest BCUT2D eigenvalue weighted by Gasteiger charge is 2.08. The second-order valence-corrected chi connectivity index (χ2v) is 6.50. The minimum atomic E-state index is -0.579. The van der Waals surface area contributed by atoms with Crippen molar-refractivity contribution in [3.05, 3.63) is 60.2 Å². The van der Waals surface area contributed by atoms with Gasteiger partial charge >= 0.3 is 0 Å². The van der Waals surface area contributed by atoms with Crippen molar-refractivity contribution in [2.24, 2.45) is 0 Å². The van der Waals surface area contributed by atoms with Gasteiger partial charge in [0.05, 0.1) is 0 Å². The highest BCUT2D eigenvalue weighted by Crippen LogP contribution is 2.15. The van der Waals surface area contributed by atoms with E-state index in [9.17, 15) is 9.90 Å². The molecule has 0 saturated carbocycles. The fourth-order valence-electron chi connectivity index (χ4n) is 2.56. The van der Waals surface area contributed by atoms with Gasteiger partial charge in [-0.1, -0.05) is 30.3 Å². The Morgan fingerprint density at radius 3 is 2.46 bits per heavy atom. The zero-order chi connectivity index (χ0) is 18.8. The fourth-order valence-corrected chi connectivity index (χ4v) is 2.56. The number of hydrogen-bond acceptors (Lipinski definition) is 4. The lowest BCUT2D eigenvalue weighted by Gasteiger charge is -2.18. The molecule has 2 rings (SSSR count). The van der Waals surface area contributed by atoms with Crippen molar-refractivity contribution < 1.29 is 14.6 Å². The lowest BCUT2D eigenvalue weighted by atomic mass is 10.1. The summed E-state index contributed by atoms with van der Waals surface area (Å²) in [5.74, 6) is 0.553. The van der Waals surface area contributed by atoms with Crippen LogP contribution in [0.1, 0.15) is 25.8 Å². The van der Waals surface area contributed by atoms with Crippen LogP contribution in [0.15, 0.2) is 54.6 Å². The molecule has 0 fully saturated rings. The molecule has 0 aliphatic heterocycles. The summed E-state index contributed by atoms with van der Waals surface area (Å²) in [4.78, 5) is 11.0. The number of aryl methyl sites for hydroxylation is 1. The van der Waals surface area contributed by atoms with E-state index < -0.39 is 6.10 Å². The molecule has 3 N–H and O–H groups in total. The molecule has 0 saturated heterocycles. The summed E-state index contributed by atoms with van der Waals surface area (Å²) in [5, 5.41) is 16.1. The van der Waals surface area contributed by atoms with E-state index in [-0.39, 0.29) is 12.5 Å². The summed E-state index contributed by atoms with van der Waals surface area (Å²) in [6.07, 6.45) is 1.45. The largest absolute Gasteiger partial charge is 0.491 e. The van der Waals surface area contributed by atoms with Crippen molar-refractivity contribution in [1.82, 2.24) is 5.32 Å². The van der Waals surface area contributed by atoms with Crippen LogP contribution < -0.4 is 15.4 Å². The summed E-state index contributed by atoms with van der Waals surface area (Å²) in [5.41, 5.74) is 2.05. The van der Waals surface area contributed by atoms with Gasteiger partial charge in [-0.3, -0.25) is 4.79 Å². The van der Waals surface area contributed by atoms with Crippen LogP contribution in [0.25, 0.3) is 0 Å². The molecular weight excluding hydrogens is 328 g/mol. The monoisotopic (exact) mass is 356 g/mol. The molecule has 2 unspecified atom stereocenters. The van der Waals surface area contributed by atoms with Crippen LogP contribution in [0.3, 0.4) is 0 Å². The number of carbonyl (C=O) groups excluding carboxylic acids is 1. The van der Waals surface area contributed by atoms with Gasteiger partial charge in [0.25, 0.3) is 0 Å². The number of nitrogens with one attached hydrogen (secondary N) is 2. The molecule has 0 aromatic heterocycles. The Kier molecular flexibility index (Phi) is 8.12. The van der Waals surface area contributed by atoms with Gasteiger partial charge in [-0.15, -0.1) is 0 Å². The number of ether oxygens (including phenoxy) is 1. The average Bonchev–Trinajstić information content (AvgIpc) is 2.64. The summed E-state index contributed by atoms with van der Waals surface area (Å²) in [6, 6.07) is 17.8. The molecule has 140 valence electrons. The lowest BCUT2D eigenvalue weighted by molar-refractivity contribution is -0.114. The normalized spacial score (nSPS) is 13.0. The SMILES string of the molecule is CC(=O)Nc1ccc(OCC(O)CNC(C)CCc2ccccc2)cc1. The highest BCUT2D eigenvalue weighted by atomic mass is 16.5. The standard InChI is InChI=1S/C21H28N2O3/c1-16(8-9-18-6-4-3-5-7-18)22-14-20(25)15-26-21-12-10-19(11-13-21)23-17(2)24/h3-7,10-13,16,20,22,25H,8-9,14-15H2,1-2H3,(H,23,24). The van der Waals surface area contributed by atoms with Gasteiger partial charge in [0.15, 0.2) is 0 Å². The van der Waals surface area contributed by atoms with E-state index in [1.165, 1.54) is 12.5 Å². The number of rotatable bonds is 10. The minimum Gasteiger partial charge on any atom is -0.491 e. The Bertz CT molecular complexity index is 659. The van der Waals surface area contributed by atoms with Crippen molar-refractivity contribution in [2.75, 3.05) is 18.5 Å². The minimum absolute atomic E-state index is 0.110. The fraction of sp³-hybridized carbons (Fsp3) is 0.381. The summed E-state index contributed by atoms with van der Waals surface area (Å²) in [6.45, 7) is 4.30. The first-order valence-electron chi connectivity index (χ1n) is 8.99. The number of hydrogen-bond donors (Lipinski definition) is 3. The van der Waals surface area contributed by atoms with Gasteiger partial charge in [0, 0.05) is 25.2 Å². The molecule has 2 aromatic rings. The van der Waals surface area contributed by atoms with Gasteiger partial charge in [-0.2, -0.15) is 0 Å². The van der Waals surface area contributed by atoms with Crippen LogP contribution in [-0.4, -0.2) is 36.3 Å². The Balaban J connectivity index is 1.63. The third kappa shape index (κ3) is 7.68. The summed E-state index contributed by atoms with van der Waals surface area (Å²) in [7, 11) is 0. The van der Waals surface area contributed by atoms with Crippen molar-refractivity contribution in [1.29, 1.82) is 0 Å². The molecule has 2 aromatic carbocycles. The molecule has 2 atom stereocenters. The van der Waals surface area contributed by atoms with Gasteiger partial charge in [0.2, 0.25) is 5.91 Å². The quantitative estimate of drug-likeness (QED) is 0.612. The summed E-state index contributed by atoms with van der Waals surface area (Å²) >= 11 is 0. The van der Waals surface area contributed by atoms with Crippen molar-refractivity contribution in [3.63, 3.8) is 0 Å². The molecule has 5 nitrogen and oxygen atoms in total. The van der Waals surface area contributed by atoms with E-state index in [4.69, 9.17) is 4.74 Å². The number of carbonyl (C=O) groups is 1. The van der Waals surface area contributed by atoms with Crippen LogP contribution in [-0.2, 0) is 11.2 Å². The molecule has 0 bridgehead atoms. The predicted molar refractivity (Wildman–Crippen MR) is 104 cm³/mol. The van der Waals surface area contributed by atoms with E-state index in [1.54, 1.807) is 24.3 Å². The van der Waals surface area contributed by atoms with Crippen molar-refractivity contribution >= 4 is 11.6 Å².